The molecule has 21 heavy (non-hydrogen) atoms. The molecule has 3 rings (SSSR count). The lowest BCUT2D eigenvalue weighted by Crippen LogP contribution is -2.15. The Kier molecular flexibility index (Phi) is 3.93. The van der Waals surface area contributed by atoms with E-state index in [1.54, 1.807) is 0 Å². The predicted octanol–water partition coefficient (Wildman–Crippen LogP) is 4.26. The van der Waals surface area contributed by atoms with Crippen LogP contribution in [0.25, 0.3) is 0 Å². The van der Waals surface area contributed by atoms with Gasteiger partial charge in [0.15, 0.2) is 0 Å². The van der Waals surface area contributed by atoms with Gasteiger partial charge in [-0.3, -0.25) is 0 Å². The van der Waals surface area contributed by atoms with Gasteiger partial charge in [0.2, 0.25) is 0 Å². The molecule has 0 saturated carbocycles. The van der Waals surface area contributed by atoms with Gasteiger partial charge in [0, 0.05) is 4.86 Å². The molecule has 0 aliphatic carbocycles. The number of hydrogen-bond donors (Lipinski definition) is 0. The summed E-state index contributed by atoms with van der Waals surface area (Å²) in [5, 5.41) is 0. The first-order valence-corrected chi connectivity index (χ1v) is 7.31. The predicted molar refractivity (Wildman–Crippen MR) is 89.7 cm³/mol. The van der Waals surface area contributed by atoms with Crippen LogP contribution >= 0.6 is 12.2 Å². The van der Waals surface area contributed by atoms with E-state index in [2.05, 4.69) is 58.1 Å². The van der Waals surface area contributed by atoms with Crippen LogP contribution in [0.4, 0.5) is 0 Å². The lowest BCUT2D eigenvalue weighted by Gasteiger charge is -2.22. The molecule has 0 saturated heterocycles. The molecule has 0 aliphatic heterocycles. The smallest absolute Gasteiger partial charge is 0.0959 e. The molecule has 0 radical (unpaired) electrons. The van der Waals surface area contributed by atoms with Crippen molar-refractivity contribution in [1.82, 2.24) is 9.55 Å². The van der Waals surface area contributed by atoms with Crippen LogP contribution in [0, 0.1) is 0 Å². The van der Waals surface area contributed by atoms with Gasteiger partial charge in [0.25, 0.3) is 0 Å². The summed E-state index contributed by atoms with van der Waals surface area (Å²) in [6.45, 7) is 1.94. The highest BCUT2D eigenvalue weighted by atomic mass is 32.1. The minimum absolute atomic E-state index is 0.0859. The number of rotatable bonds is 4. The Bertz CT molecular complexity index is 693. The summed E-state index contributed by atoms with van der Waals surface area (Å²) in [7, 11) is 0. The van der Waals surface area contributed by atoms with E-state index in [1.807, 2.05) is 31.6 Å². The van der Waals surface area contributed by atoms with Crippen LogP contribution in [0.5, 0.6) is 0 Å². The Hall–Kier alpha value is -2.26. The van der Waals surface area contributed by atoms with E-state index in [1.165, 1.54) is 11.1 Å². The summed E-state index contributed by atoms with van der Waals surface area (Å²) in [5.41, 5.74) is 3.43. The molecule has 0 aliphatic rings. The van der Waals surface area contributed by atoms with Gasteiger partial charge in [-0.1, -0.05) is 72.9 Å². The lowest BCUT2D eigenvalue weighted by atomic mass is 9.98. The van der Waals surface area contributed by atoms with Gasteiger partial charge in [-0.2, -0.15) is 0 Å². The average molecular weight is 292 g/mol. The van der Waals surface area contributed by atoms with Gasteiger partial charge in [-0.25, -0.2) is 4.98 Å². The van der Waals surface area contributed by atoms with Crippen molar-refractivity contribution in [2.75, 3.05) is 0 Å². The lowest BCUT2D eigenvalue weighted by molar-refractivity contribution is 0.672. The molecule has 0 bridgehead atoms. The van der Waals surface area contributed by atoms with E-state index in [-0.39, 0.29) is 6.04 Å². The van der Waals surface area contributed by atoms with Crippen molar-refractivity contribution in [3.63, 3.8) is 0 Å². The summed E-state index contributed by atoms with van der Waals surface area (Å²) >= 11 is 5.36. The van der Waals surface area contributed by atoms with Crippen LogP contribution in [-0.2, 0) is 0 Å². The van der Waals surface area contributed by atoms with E-state index >= 15 is 0 Å². The van der Waals surface area contributed by atoms with E-state index in [4.69, 9.17) is 12.2 Å². The Morgan fingerprint density at radius 2 is 1.48 bits per heavy atom. The summed E-state index contributed by atoms with van der Waals surface area (Å²) in [5.74, 6) is 0. The quantitative estimate of drug-likeness (QED) is 0.528. The van der Waals surface area contributed by atoms with Gasteiger partial charge in [-0.05, 0) is 18.1 Å². The standard InChI is InChI=1S/C18H16N2S/c1-14(21)17-12-19-13-20(17)18(15-8-4-2-5-9-15)16-10-6-3-7-11-16/h2-13,18H,1H3. The van der Waals surface area contributed by atoms with Crippen molar-refractivity contribution in [2.45, 2.75) is 13.0 Å². The van der Waals surface area contributed by atoms with Crippen LogP contribution in [0.2, 0.25) is 0 Å². The molecule has 0 spiro atoms. The van der Waals surface area contributed by atoms with Crippen molar-refractivity contribution in [3.8, 4) is 0 Å². The van der Waals surface area contributed by atoms with Crippen molar-refractivity contribution < 1.29 is 0 Å². The minimum atomic E-state index is 0.0859. The van der Waals surface area contributed by atoms with Gasteiger partial charge in [0.1, 0.15) is 0 Å². The van der Waals surface area contributed by atoms with Gasteiger partial charge >= 0.3 is 0 Å². The first-order valence-electron chi connectivity index (χ1n) is 6.90. The van der Waals surface area contributed by atoms with Gasteiger partial charge in [0.05, 0.1) is 24.3 Å². The van der Waals surface area contributed by atoms with Crippen LogP contribution in [0.1, 0.15) is 29.8 Å². The molecule has 104 valence electrons. The molecule has 1 heterocycles. The molecule has 2 aromatic carbocycles. The molecule has 0 amide bonds. The third-order valence-corrected chi connectivity index (χ3v) is 3.74. The highest BCUT2D eigenvalue weighted by Gasteiger charge is 2.19. The number of nitrogens with zero attached hydrogens (tertiary/aromatic N) is 2. The number of benzene rings is 2. The third-order valence-electron chi connectivity index (χ3n) is 3.54. The van der Waals surface area contributed by atoms with Crippen molar-refractivity contribution >= 4 is 17.1 Å². The molecular weight excluding hydrogens is 276 g/mol. The summed E-state index contributed by atoms with van der Waals surface area (Å²) in [4.78, 5) is 5.14. The maximum absolute atomic E-state index is 5.36. The number of imidazole rings is 1. The zero-order chi connectivity index (χ0) is 14.7. The minimum Gasteiger partial charge on any atom is -0.318 e. The monoisotopic (exact) mass is 292 g/mol. The molecule has 3 heteroatoms. The second-order valence-corrected chi connectivity index (χ2v) is 5.58. The van der Waals surface area contributed by atoms with Crippen molar-refractivity contribution in [3.05, 3.63) is 90.0 Å². The second-order valence-electron chi connectivity index (χ2n) is 4.97. The average Bonchev–Trinajstić information content (AvgIpc) is 2.99. The number of hydrogen-bond acceptors (Lipinski definition) is 2. The molecule has 0 atom stereocenters. The molecule has 0 unspecified atom stereocenters. The molecule has 0 N–H and O–H groups in total. The highest BCUT2D eigenvalue weighted by Crippen LogP contribution is 2.27. The van der Waals surface area contributed by atoms with E-state index in [0.29, 0.717) is 0 Å². The van der Waals surface area contributed by atoms with Gasteiger partial charge in [-0.15, -0.1) is 0 Å². The summed E-state index contributed by atoms with van der Waals surface area (Å²) in [6.07, 6.45) is 3.69. The zero-order valence-corrected chi connectivity index (χ0v) is 12.6. The Balaban J connectivity index is 2.18. The first-order chi connectivity index (χ1) is 10.3. The first kappa shape index (κ1) is 13.7. The molecule has 1 aromatic heterocycles. The highest BCUT2D eigenvalue weighted by molar-refractivity contribution is 7.80. The maximum atomic E-state index is 5.36. The van der Waals surface area contributed by atoms with E-state index < -0.39 is 0 Å². The topological polar surface area (TPSA) is 17.8 Å². The molecule has 2 nitrogen and oxygen atoms in total. The maximum Gasteiger partial charge on any atom is 0.0959 e. The number of thiocarbonyl (C=S) groups is 1. The fourth-order valence-corrected chi connectivity index (χ4v) is 2.73. The van der Waals surface area contributed by atoms with Crippen molar-refractivity contribution in [2.24, 2.45) is 0 Å². The Morgan fingerprint density at radius 3 is 1.95 bits per heavy atom. The fourth-order valence-electron chi connectivity index (χ4n) is 2.57. The normalized spacial score (nSPS) is 10.8. The molecular formula is C18H16N2S. The SMILES string of the molecule is CC(=S)c1cncn1C(c1ccccc1)c1ccccc1. The fraction of sp³-hybridized carbons (Fsp3) is 0.111. The zero-order valence-electron chi connectivity index (χ0n) is 11.8. The second kappa shape index (κ2) is 6.02. The summed E-state index contributed by atoms with van der Waals surface area (Å²) in [6, 6.07) is 21.0. The third kappa shape index (κ3) is 2.78. The number of aromatic nitrogens is 2. The van der Waals surface area contributed by atoms with Crippen LogP contribution in [0.3, 0.4) is 0 Å². The Morgan fingerprint density at radius 1 is 0.952 bits per heavy atom. The Labute approximate surface area is 130 Å². The summed E-state index contributed by atoms with van der Waals surface area (Å²) < 4.78 is 2.15. The van der Waals surface area contributed by atoms with Crippen LogP contribution < -0.4 is 0 Å². The molecule has 3 aromatic rings. The van der Waals surface area contributed by atoms with Gasteiger partial charge < -0.3 is 4.57 Å². The van der Waals surface area contributed by atoms with Crippen LogP contribution in [0.15, 0.2) is 73.2 Å². The molecule has 0 fully saturated rings. The largest absolute Gasteiger partial charge is 0.318 e. The van der Waals surface area contributed by atoms with Crippen molar-refractivity contribution in [1.29, 1.82) is 0 Å². The van der Waals surface area contributed by atoms with Crippen LogP contribution in [-0.4, -0.2) is 14.4 Å². The van der Waals surface area contributed by atoms with E-state index in [0.717, 1.165) is 10.6 Å². The van der Waals surface area contributed by atoms with E-state index in [9.17, 15) is 0 Å².